The zero-order valence-electron chi connectivity index (χ0n) is 12.2. The Kier molecular flexibility index (Phi) is 4.63. The number of aryl methyl sites for hydroxylation is 1. The molecule has 0 aliphatic rings. The lowest BCUT2D eigenvalue weighted by atomic mass is 10.1. The number of imidazole rings is 1. The summed E-state index contributed by atoms with van der Waals surface area (Å²) in [6.07, 6.45) is 6.81. The van der Waals surface area contributed by atoms with E-state index in [9.17, 15) is 0 Å². The van der Waals surface area contributed by atoms with E-state index >= 15 is 0 Å². The van der Waals surface area contributed by atoms with Gasteiger partial charge in [-0.1, -0.05) is 22.0 Å². The summed E-state index contributed by atoms with van der Waals surface area (Å²) >= 11 is 3.47. The molecule has 0 unspecified atom stereocenters. The zero-order chi connectivity index (χ0) is 15.4. The van der Waals surface area contributed by atoms with Gasteiger partial charge in [-0.2, -0.15) is 0 Å². The standard InChI is InChI=1S/C17H17BrN4/c1-19-7-3-2-4-17-21-11-16(22-17)13-8-12-5-6-14(18)9-15(12)20-10-13/h5-6,8-11H,1-4,7H2,(H,21,22). The maximum Gasteiger partial charge on any atom is 0.106 e. The zero-order valence-corrected chi connectivity index (χ0v) is 13.8. The summed E-state index contributed by atoms with van der Waals surface area (Å²) in [6, 6.07) is 8.24. The molecule has 0 spiro atoms. The van der Waals surface area contributed by atoms with Gasteiger partial charge in [0.05, 0.1) is 17.4 Å². The molecule has 2 heterocycles. The Labute approximate surface area is 137 Å². The van der Waals surface area contributed by atoms with Gasteiger partial charge in [-0.25, -0.2) is 4.98 Å². The molecule has 0 bridgehead atoms. The number of fused-ring (bicyclic) bond motifs is 1. The molecule has 22 heavy (non-hydrogen) atoms. The summed E-state index contributed by atoms with van der Waals surface area (Å²) in [4.78, 5) is 16.2. The minimum Gasteiger partial charge on any atom is -0.342 e. The number of aromatic nitrogens is 3. The number of unbranched alkanes of at least 4 members (excludes halogenated alkanes) is 1. The third-order valence-electron chi connectivity index (χ3n) is 3.57. The van der Waals surface area contributed by atoms with E-state index in [0.717, 1.165) is 58.3 Å². The number of rotatable bonds is 6. The maximum absolute atomic E-state index is 4.52. The van der Waals surface area contributed by atoms with E-state index < -0.39 is 0 Å². The van der Waals surface area contributed by atoms with Crippen molar-refractivity contribution in [3.8, 4) is 11.3 Å². The van der Waals surface area contributed by atoms with Crippen LogP contribution in [0.3, 0.4) is 0 Å². The first-order valence-corrected chi connectivity index (χ1v) is 8.07. The molecule has 0 saturated heterocycles. The molecule has 0 radical (unpaired) electrons. The minimum atomic E-state index is 0.817. The van der Waals surface area contributed by atoms with Gasteiger partial charge in [-0.05, 0) is 37.8 Å². The predicted molar refractivity (Wildman–Crippen MR) is 94.4 cm³/mol. The van der Waals surface area contributed by atoms with E-state index in [1.165, 1.54) is 0 Å². The third-order valence-corrected chi connectivity index (χ3v) is 4.06. The van der Waals surface area contributed by atoms with Crippen LogP contribution in [-0.2, 0) is 6.42 Å². The Morgan fingerprint density at radius 1 is 1.14 bits per heavy atom. The highest BCUT2D eigenvalue weighted by atomic mass is 79.9. The summed E-state index contributed by atoms with van der Waals surface area (Å²) in [5, 5.41) is 1.12. The summed E-state index contributed by atoms with van der Waals surface area (Å²) in [5.74, 6) is 1.01. The maximum atomic E-state index is 4.52. The van der Waals surface area contributed by atoms with E-state index in [4.69, 9.17) is 0 Å². The fourth-order valence-corrected chi connectivity index (χ4v) is 2.74. The summed E-state index contributed by atoms with van der Waals surface area (Å²) in [6.45, 7) is 4.31. The highest BCUT2D eigenvalue weighted by Crippen LogP contribution is 2.23. The number of nitrogens with zero attached hydrogens (tertiary/aromatic N) is 3. The van der Waals surface area contributed by atoms with Crippen molar-refractivity contribution < 1.29 is 0 Å². The molecule has 3 rings (SSSR count). The normalized spacial score (nSPS) is 11.0. The molecule has 0 saturated carbocycles. The van der Waals surface area contributed by atoms with Gasteiger partial charge in [0.15, 0.2) is 0 Å². The number of halogens is 1. The number of aliphatic imine (C=N–C) groups is 1. The van der Waals surface area contributed by atoms with Crippen molar-refractivity contribution in [1.82, 2.24) is 15.0 Å². The Morgan fingerprint density at radius 3 is 2.91 bits per heavy atom. The van der Waals surface area contributed by atoms with Crippen molar-refractivity contribution in [3.63, 3.8) is 0 Å². The molecular weight excluding hydrogens is 340 g/mol. The van der Waals surface area contributed by atoms with Gasteiger partial charge in [-0.15, -0.1) is 0 Å². The summed E-state index contributed by atoms with van der Waals surface area (Å²) in [7, 11) is 0. The lowest BCUT2D eigenvalue weighted by molar-refractivity contribution is 0.725. The van der Waals surface area contributed by atoms with Crippen LogP contribution >= 0.6 is 15.9 Å². The van der Waals surface area contributed by atoms with Gasteiger partial charge in [0.2, 0.25) is 0 Å². The molecule has 0 atom stereocenters. The summed E-state index contributed by atoms with van der Waals surface area (Å²) < 4.78 is 1.04. The number of hydrogen-bond acceptors (Lipinski definition) is 3. The van der Waals surface area contributed by atoms with Crippen molar-refractivity contribution in [2.45, 2.75) is 19.3 Å². The van der Waals surface area contributed by atoms with Crippen LogP contribution in [-0.4, -0.2) is 28.2 Å². The molecule has 0 amide bonds. The average Bonchev–Trinajstić information content (AvgIpc) is 3.00. The molecule has 4 nitrogen and oxygen atoms in total. The van der Waals surface area contributed by atoms with E-state index in [2.05, 4.69) is 54.7 Å². The fourth-order valence-electron chi connectivity index (χ4n) is 2.39. The number of aromatic amines is 1. The van der Waals surface area contributed by atoms with Crippen molar-refractivity contribution >= 4 is 33.6 Å². The van der Waals surface area contributed by atoms with Crippen LogP contribution < -0.4 is 0 Å². The highest BCUT2D eigenvalue weighted by molar-refractivity contribution is 9.10. The Balaban J connectivity index is 1.77. The number of hydrogen-bond donors (Lipinski definition) is 1. The van der Waals surface area contributed by atoms with E-state index in [0.29, 0.717) is 0 Å². The van der Waals surface area contributed by atoms with Gasteiger partial charge < -0.3 is 9.98 Å². The van der Waals surface area contributed by atoms with E-state index in [1.54, 1.807) is 0 Å². The largest absolute Gasteiger partial charge is 0.342 e. The van der Waals surface area contributed by atoms with E-state index in [-0.39, 0.29) is 0 Å². The number of nitrogens with one attached hydrogen (secondary N) is 1. The van der Waals surface area contributed by atoms with E-state index in [1.807, 2.05) is 24.5 Å². The first kappa shape index (κ1) is 14.9. The molecule has 1 aromatic carbocycles. The van der Waals surface area contributed by atoms with Crippen LogP contribution in [0.4, 0.5) is 0 Å². The first-order chi connectivity index (χ1) is 10.8. The lowest BCUT2D eigenvalue weighted by Gasteiger charge is -2.02. The molecular formula is C17H17BrN4. The fraction of sp³-hybridized carbons (Fsp3) is 0.235. The number of benzene rings is 1. The number of pyridine rings is 1. The highest BCUT2D eigenvalue weighted by Gasteiger charge is 2.05. The Hall–Kier alpha value is -2.01. The average molecular weight is 357 g/mol. The van der Waals surface area contributed by atoms with Crippen LogP contribution in [0.15, 0.2) is 46.1 Å². The van der Waals surface area contributed by atoms with Crippen LogP contribution in [0.25, 0.3) is 22.2 Å². The van der Waals surface area contributed by atoms with Crippen molar-refractivity contribution in [2.75, 3.05) is 6.54 Å². The SMILES string of the molecule is C=NCCCCc1ncc(-c2cnc3cc(Br)ccc3c2)[nH]1. The Bertz CT molecular complexity index is 794. The minimum absolute atomic E-state index is 0.817. The van der Waals surface area contributed by atoms with Gasteiger partial charge >= 0.3 is 0 Å². The smallest absolute Gasteiger partial charge is 0.106 e. The molecule has 2 aromatic heterocycles. The van der Waals surface area contributed by atoms with Gasteiger partial charge in [0, 0.05) is 34.6 Å². The molecule has 0 aliphatic heterocycles. The molecule has 112 valence electrons. The van der Waals surface area contributed by atoms with Crippen molar-refractivity contribution in [1.29, 1.82) is 0 Å². The first-order valence-electron chi connectivity index (χ1n) is 7.28. The molecule has 1 N–H and O–H groups in total. The van der Waals surface area contributed by atoms with Crippen LogP contribution in [0.2, 0.25) is 0 Å². The van der Waals surface area contributed by atoms with Crippen molar-refractivity contribution in [2.24, 2.45) is 4.99 Å². The molecule has 3 aromatic rings. The van der Waals surface area contributed by atoms with Gasteiger partial charge in [0.1, 0.15) is 5.82 Å². The van der Waals surface area contributed by atoms with Crippen LogP contribution in [0.1, 0.15) is 18.7 Å². The van der Waals surface area contributed by atoms with Crippen molar-refractivity contribution in [3.05, 3.63) is 47.0 Å². The van der Waals surface area contributed by atoms with Crippen LogP contribution in [0, 0.1) is 0 Å². The van der Waals surface area contributed by atoms with Gasteiger partial charge in [-0.3, -0.25) is 4.98 Å². The Morgan fingerprint density at radius 2 is 2.05 bits per heavy atom. The van der Waals surface area contributed by atoms with Gasteiger partial charge in [0.25, 0.3) is 0 Å². The topological polar surface area (TPSA) is 53.9 Å². The number of H-pyrrole nitrogens is 1. The predicted octanol–water partition coefficient (Wildman–Crippen LogP) is 4.41. The molecule has 0 aliphatic carbocycles. The quantitative estimate of drug-likeness (QED) is 0.525. The second kappa shape index (κ2) is 6.83. The molecule has 0 fully saturated rings. The summed E-state index contributed by atoms with van der Waals surface area (Å²) in [5.41, 5.74) is 3.05. The second-order valence-electron chi connectivity index (χ2n) is 5.21. The third kappa shape index (κ3) is 3.42. The van der Waals surface area contributed by atoms with Crippen LogP contribution in [0.5, 0.6) is 0 Å². The lowest BCUT2D eigenvalue weighted by Crippen LogP contribution is -1.90. The monoisotopic (exact) mass is 356 g/mol. The molecule has 5 heteroatoms. The second-order valence-corrected chi connectivity index (χ2v) is 6.12.